The first-order chi connectivity index (χ1) is 14.4. The molecule has 1 fully saturated rings. The zero-order chi connectivity index (χ0) is 21.9. The van der Waals surface area contributed by atoms with E-state index < -0.39 is 18.2 Å². The number of hydrogen-bond acceptors (Lipinski definition) is 5. The van der Waals surface area contributed by atoms with Crippen molar-refractivity contribution in [1.82, 2.24) is 16.0 Å². The lowest BCUT2D eigenvalue weighted by Gasteiger charge is -2.24. The minimum absolute atomic E-state index is 0.0541. The van der Waals surface area contributed by atoms with Crippen LogP contribution in [0.15, 0.2) is 30.3 Å². The second kappa shape index (κ2) is 12.2. The molecule has 30 heavy (non-hydrogen) atoms. The zero-order valence-electron chi connectivity index (χ0n) is 17.7. The van der Waals surface area contributed by atoms with Gasteiger partial charge >= 0.3 is 6.09 Å². The van der Waals surface area contributed by atoms with Crippen molar-refractivity contribution in [2.24, 2.45) is 11.8 Å². The minimum Gasteiger partial charge on any atom is -0.449 e. The van der Waals surface area contributed by atoms with Gasteiger partial charge in [-0.25, -0.2) is 4.79 Å². The van der Waals surface area contributed by atoms with Crippen LogP contribution in [-0.2, 0) is 20.7 Å². The van der Waals surface area contributed by atoms with E-state index >= 15 is 0 Å². The molecule has 1 aromatic rings. The summed E-state index contributed by atoms with van der Waals surface area (Å²) in [5.41, 5.74) is 1.06. The lowest BCUT2D eigenvalue weighted by molar-refractivity contribution is -0.126. The maximum absolute atomic E-state index is 12.7. The van der Waals surface area contributed by atoms with Gasteiger partial charge in [0.25, 0.3) is 0 Å². The second-order valence-electron chi connectivity index (χ2n) is 8.10. The largest absolute Gasteiger partial charge is 0.449 e. The number of carbonyl (C=O) groups is 3. The van der Waals surface area contributed by atoms with Gasteiger partial charge in [0.15, 0.2) is 0 Å². The van der Waals surface area contributed by atoms with Crippen LogP contribution in [0.3, 0.4) is 0 Å². The standard InChI is InChI=1S/C22H33N3O5/c1-15(2)12-19(25-22(29)30-11-9-16-6-4-3-5-7-16)21(28)24-18(14-26)13-17-8-10-23-20(17)27/h3-7,15,17-19,26H,8-14H2,1-2H3,(H,23,27)(H,24,28)(H,25,29)/t17-,18-,19-/m0/s1. The number of carbonyl (C=O) groups excluding carboxylic acids is 3. The summed E-state index contributed by atoms with van der Waals surface area (Å²) >= 11 is 0. The molecular formula is C22H33N3O5. The summed E-state index contributed by atoms with van der Waals surface area (Å²) in [5, 5.41) is 17.8. The van der Waals surface area contributed by atoms with Crippen LogP contribution in [0.2, 0.25) is 0 Å². The molecule has 3 atom stereocenters. The Morgan fingerprint density at radius 1 is 1.23 bits per heavy atom. The molecule has 0 bridgehead atoms. The molecule has 1 aliphatic heterocycles. The van der Waals surface area contributed by atoms with E-state index in [0.717, 1.165) is 5.56 Å². The molecule has 0 radical (unpaired) electrons. The average Bonchev–Trinajstić information content (AvgIpc) is 3.11. The van der Waals surface area contributed by atoms with Gasteiger partial charge in [-0.3, -0.25) is 9.59 Å². The molecule has 3 amide bonds. The molecule has 0 saturated carbocycles. The van der Waals surface area contributed by atoms with Crippen LogP contribution in [0, 0.1) is 11.8 Å². The average molecular weight is 420 g/mol. The quantitative estimate of drug-likeness (QED) is 0.432. The van der Waals surface area contributed by atoms with E-state index in [4.69, 9.17) is 4.74 Å². The Morgan fingerprint density at radius 3 is 2.57 bits per heavy atom. The topological polar surface area (TPSA) is 117 Å². The van der Waals surface area contributed by atoms with E-state index in [-0.39, 0.29) is 36.9 Å². The van der Waals surface area contributed by atoms with Crippen LogP contribution in [0.1, 0.15) is 38.7 Å². The number of benzene rings is 1. The molecule has 0 aliphatic carbocycles. The summed E-state index contributed by atoms with van der Waals surface area (Å²) in [6.45, 7) is 4.46. The number of ether oxygens (including phenoxy) is 1. The van der Waals surface area contributed by atoms with Crippen LogP contribution in [0.4, 0.5) is 4.79 Å². The number of hydrogen-bond donors (Lipinski definition) is 4. The summed E-state index contributed by atoms with van der Waals surface area (Å²) in [4.78, 5) is 36.7. The third kappa shape index (κ3) is 8.02. The Morgan fingerprint density at radius 2 is 1.97 bits per heavy atom. The van der Waals surface area contributed by atoms with Gasteiger partial charge in [0.1, 0.15) is 6.04 Å². The van der Waals surface area contributed by atoms with Gasteiger partial charge in [0.05, 0.1) is 19.3 Å². The first-order valence-corrected chi connectivity index (χ1v) is 10.5. The third-order valence-corrected chi connectivity index (χ3v) is 5.08. The molecule has 1 saturated heterocycles. The highest BCUT2D eigenvalue weighted by molar-refractivity contribution is 5.86. The number of aliphatic hydroxyl groups excluding tert-OH is 1. The summed E-state index contributed by atoms with van der Waals surface area (Å²) in [7, 11) is 0. The Kier molecular flexibility index (Phi) is 9.60. The van der Waals surface area contributed by atoms with Crippen molar-refractivity contribution in [2.45, 2.75) is 51.6 Å². The SMILES string of the molecule is CC(C)C[C@H](NC(=O)OCCc1ccccc1)C(=O)N[C@H](CO)C[C@@H]1CCNC1=O. The molecule has 0 spiro atoms. The second-order valence-corrected chi connectivity index (χ2v) is 8.10. The first-order valence-electron chi connectivity index (χ1n) is 10.5. The Hall–Kier alpha value is -2.61. The normalized spacial score (nSPS) is 17.9. The van der Waals surface area contributed by atoms with E-state index in [1.165, 1.54) is 0 Å². The predicted molar refractivity (Wildman–Crippen MR) is 113 cm³/mol. The van der Waals surface area contributed by atoms with E-state index in [0.29, 0.717) is 32.2 Å². The molecule has 8 heteroatoms. The van der Waals surface area contributed by atoms with Crippen LogP contribution in [0.5, 0.6) is 0 Å². The smallest absolute Gasteiger partial charge is 0.407 e. The number of nitrogens with one attached hydrogen (secondary N) is 3. The van der Waals surface area contributed by atoms with Crippen LogP contribution < -0.4 is 16.0 Å². The van der Waals surface area contributed by atoms with Crippen molar-refractivity contribution >= 4 is 17.9 Å². The van der Waals surface area contributed by atoms with Gasteiger partial charge in [-0.05, 0) is 30.7 Å². The van der Waals surface area contributed by atoms with Crippen molar-refractivity contribution < 1.29 is 24.2 Å². The molecule has 166 valence electrons. The fourth-order valence-electron chi connectivity index (χ4n) is 3.49. The van der Waals surface area contributed by atoms with Crippen molar-refractivity contribution in [3.63, 3.8) is 0 Å². The number of rotatable bonds is 11. The highest BCUT2D eigenvalue weighted by atomic mass is 16.5. The molecule has 0 aromatic heterocycles. The van der Waals surface area contributed by atoms with E-state index in [2.05, 4.69) is 16.0 Å². The Balaban J connectivity index is 1.85. The monoisotopic (exact) mass is 419 g/mol. The summed E-state index contributed by atoms with van der Waals surface area (Å²) in [6.07, 6.45) is 1.42. The van der Waals surface area contributed by atoms with E-state index in [1.807, 2.05) is 44.2 Å². The van der Waals surface area contributed by atoms with Gasteiger partial charge in [-0.15, -0.1) is 0 Å². The van der Waals surface area contributed by atoms with Crippen LogP contribution in [0.25, 0.3) is 0 Å². The zero-order valence-corrected chi connectivity index (χ0v) is 17.7. The summed E-state index contributed by atoms with van der Waals surface area (Å²) < 4.78 is 5.23. The number of alkyl carbamates (subject to hydrolysis) is 1. The highest BCUT2D eigenvalue weighted by Gasteiger charge is 2.30. The molecular weight excluding hydrogens is 386 g/mol. The van der Waals surface area contributed by atoms with Crippen LogP contribution >= 0.6 is 0 Å². The molecule has 0 unspecified atom stereocenters. The lowest BCUT2D eigenvalue weighted by Crippen LogP contribution is -2.51. The van der Waals surface area contributed by atoms with Gasteiger partial charge in [-0.1, -0.05) is 44.2 Å². The maximum Gasteiger partial charge on any atom is 0.407 e. The number of amides is 3. The first kappa shape index (κ1) is 23.7. The molecule has 8 nitrogen and oxygen atoms in total. The lowest BCUT2D eigenvalue weighted by atomic mass is 9.97. The Labute approximate surface area is 177 Å². The molecule has 4 N–H and O–H groups in total. The summed E-state index contributed by atoms with van der Waals surface area (Å²) in [5.74, 6) is -0.497. The molecule has 1 aromatic carbocycles. The fourth-order valence-corrected chi connectivity index (χ4v) is 3.49. The molecule has 2 rings (SSSR count). The molecule has 1 heterocycles. The van der Waals surface area contributed by atoms with Crippen molar-refractivity contribution in [1.29, 1.82) is 0 Å². The molecule has 1 aliphatic rings. The van der Waals surface area contributed by atoms with Crippen molar-refractivity contribution in [3.8, 4) is 0 Å². The van der Waals surface area contributed by atoms with Gasteiger partial charge < -0.3 is 25.8 Å². The predicted octanol–water partition coefficient (Wildman–Crippen LogP) is 1.37. The van der Waals surface area contributed by atoms with Gasteiger partial charge in [0, 0.05) is 18.9 Å². The maximum atomic E-state index is 12.7. The van der Waals surface area contributed by atoms with Crippen molar-refractivity contribution in [3.05, 3.63) is 35.9 Å². The van der Waals surface area contributed by atoms with Gasteiger partial charge in [0.2, 0.25) is 11.8 Å². The third-order valence-electron chi connectivity index (χ3n) is 5.08. The fraction of sp³-hybridized carbons (Fsp3) is 0.591. The van der Waals surface area contributed by atoms with Crippen LogP contribution in [-0.4, -0.2) is 54.9 Å². The highest BCUT2D eigenvalue weighted by Crippen LogP contribution is 2.16. The van der Waals surface area contributed by atoms with E-state index in [1.54, 1.807) is 0 Å². The summed E-state index contributed by atoms with van der Waals surface area (Å²) in [6, 6.07) is 8.35. The van der Waals surface area contributed by atoms with Crippen molar-refractivity contribution in [2.75, 3.05) is 19.8 Å². The van der Waals surface area contributed by atoms with E-state index in [9.17, 15) is 19.5 Å². The number of aliphatic hydroxyl groups is 1. The van der Waals surface area contributed by atoms with Gasteiger partial charge in [-0.2, -0.15) is 0 Å². The minimum atomic E-state index is -0.777. The Bertz CT molecular complexity index is 695.